The third kappa shape index (κ3) is 6.40. The quantitative estimate of drug-likeness (QED) is 0.453. The van der Waals surface area contributed by atoms with Crippen LogP contribution in [-0.2, 0) is 19.1 Å². The Bertz CT molecular complexity index is 301. The predicted molar refractivity (Wildman–Crippen MR) is 79.3 cm³/mol. The number of ether oxygens (including phenoxy) is 2. The van der Waals surface area contributed by atoms with Crippen molar-refractivity contribution in [3.63, 3.8) is 0 Å². The zero-order chi connectivity index (χ0) is 15.6. The molecule has 0 aromatic carbocycles. The maximum Gasteiger partial charge on any atom is 0.311 e. The molecule has 0 N–H and O–H groups in total. The highest BCUT2D eigenvalue weighted by molar-refractivity contribution is 5.78. The molecular formula is C16H30O4. The number of unbranched alkanes of at least 4 members (excludes halogenated alkanes) is 2. The lowest BCUT2D eigenvalue weighted by Gasteiger charge is -2.29. The molecule has 0 aromatic rings. The summed E-state index contributed by atoms with van der Waals surface area (Å²) in [4.78, 5) is 24.0. The molecule has 118 valence electrons. The molecule has 0 saturated heterocycles. The van der Waals surface area contributed by atoms with Gasteiger partial charge in [-0.15, -0.1) is 0 Å². The summed E-state index contributed by atoms with van der Waals surface area (Å²) in [7, 11) is 0. The van der Waals surface area contributed by atoms with Crippen LogP contribution in [0.15, 0.2) is 0 Å². The topological polar surface area (TPSA) is 52.6 Å². The first kappa shape index (κ1) is 18.9. The van der Waals surface area contributed by atoms with Crippen molar-refractivity contribution in [3.05, 3.63) is 0 Å². The molecule has 4 nitrogen and oxygen atoms in total. The zero-order valence-electron chi connectivity index (χ0n) is 13.7. The van der Waals surface area contributed by atoms with E-state index in [1.807, 2.05) is 13.8 Å². The van der Waals surface area contributed by atoms with Crippen molar-refractivity contribution in [3.8, 4) is 0 Å². The highest BCUT2D eigenvalue weighted by Gasteiger charge is 2.37. The van der Waals surface area contributed by atoms with E-state index in [-0.39, 0.29) is 17.9 Å². The van der Waals surface area contributed by atoms with Crippen molar-refractivity contribution in [2.24, 2.45) is 11.3 Å². The van der Waals surface area contributed by atoms with Gasteiger partial charge in [-0.05, 0) is 33.6 Å². The number of carbonyl (C=O) groups is 2. The number of hydrogen-bond donors (Lipinski definition) is 0. The van der Waals surface area contributed by atoms with E-state index in [0.29, 0.717) is 19.6 Å². The molecule has 0 fully saturated rings. The van der Waals surface area contributed by atoms with Crippen LogP contribution in [0.5, 0.6) is 0 Å². The molecule has 0 aliphatic rings. The van der Waals surface area contributed by atoms with E-state index in [1.54, 1.807) is 13.8 Å². The van der Waals surface area contributed by atoms with Gasteiger partial charge in [0.25, 0.3) is 0 Å². The van der Waals surface area contributed by atoms with Gasteiger partial charge in [0.05, 0.1) is 24.5 Å². The normalized spacial score (nSPS) is 15.2. The smallest absolute Gasteiger partial charge is 0.311 e. The van der Waals surface area contributed by atoms with Gasteiger partial charge in [0.2, 0.25) is 0 Å². The molecule has 0 radical (unpaired) electrons. The Hall–Kier alpha value is -1.06. The molecule has 20 heavy (non-hydrogen) atoms. The molecule has 2 unspecified atom stereocenters. The van der Waals surface area contributed by atoms with Crippen molar-refractivity contribution in [2.45, 2.75) is 66.7 Å². The van der Waals surface area contributed by atoms with Crippen LogP contribution in [0.1, 0.15) is 66.7 Å². The first-order valence-electron chi connectivity index (χ1n) is 7.75. The lowest BCUT2D eigenvalue weighted by molar-refractivity contribution is -0.158. The van der Waals surface area contributed by atoms with Crippen LogP contribution in [-0.4, -0.2) is 25.2 Å². The third-order valence-corrected chi connectivity index (χ3v) is 3.55. The fourth-order valence-corrected chi connectivity index (χ4v) is 2.40. The molecule has 0 aromatic heterocycles. The second-order valence-electron chi connectivity index (χ2n) is 5.60. The monoisotopic (exact) mass is 286 g/mol. The Balaban J connectivity index is 4.74. The van der Waals surface area contributed by atoms with Gasteiger partial charge in [0, 0.05) is 0 Å². The molecule has 0 saturated carbocycles. The maximum atomic E-state index is 12.2. The molecule has 0 heterocycles. The standard InChI is InChI=1S/C16H30O4/c1-6-9-10-11-16(5,15(18)20-8-3)12-13(4)14(17)19-7-2/h13H,6-12H2,1-5H3. The highest BCUT2D eigenvalue weighted by atomic mass is 16.5. The molecule has 4 heteroatoms. The molecule has 0 amide bonds. The minimum Gasteiger partial charge on any atom is -0.466 e. The number of rotatable bonds is 10. The molecule has 0 rings (SSSR count). The maximum absolute atomic E-state index is 12.2. The summed E-state index contributed by atoms with van der Waals surface area (Å²) in [6, 6.07) is 0. The molecule has 2 atom stereocenters. The van der Waals surface area contributed by atoms with Gasteiger partial charge in [0.1, 0.15) is 0 Å². The van der Waals surface area contributed by atoms with Crippen molar-refractivity contribution in [1.29, 1.82) is 0 Å². The molecule has 0 bridgehead atoms. The fraction of sp³-hybridized carbons (Fsp3) is 0.875. The van der Waals surface area contributed by atoms with Crippen LogP contribution >= 0.6 is 0 Å². The lowest BCUT2D eigenvalue weighted by atomic mass is 9.77. The number of carbonyl (C=O) groups excluding carboxylic acids is 2. The average Bonchev–Trinajstić information content (AvgIpc) is 2.39. The van der Waals surface area contributed by atoms with Crippen LogP contribution in [0.4, 0.5) is 0 Å². The zero-order valence-corrected chi connectivity index (χ0v) is 13.7. The van der Waals surface area contributed by atoms with Gasteiger partial charge in [-0.25, -0.2) is 0 Å². The number of esters is 2. The van der Waals surface area contributed by atoms with Gasteiger partial charge >= 0.3 is 11.9 Å². The Morgan fingerprint density at radius 2 is 1.65 bits per heavy atom. The fourth-order valence-electron chi connectivity index (χ4n) is 2.40. The molecule has 0 spiro atoms. The predicted octanol–water partition coefficient (Wildman–Crippen LogP) is 3.73. The van der Waals surface area contributed by atoms with Gasteiger partial charge in [0.15, 0.2) is 0 Å². The van der Waals surface area contributed by atoms with Crippen molar-refractivity contribution in [2.75, 3.05) is 13.2 Å². The average molecular weight is 286 g/mol. The summed E-state index contributed by atoms with van der Waals surface area (Å²) in [5, 5.41) is 0. The molecule has 0 aliphatic carbocycles. The van der Waals surface area contributed by atoms with Crippen molar-refractivity contribution >= 4 is 11.9 Å². The van der Waals surface area contributed by atoms with E-state index in [4.69, 9.17) is 9.47 Å². The van der Waals surface area contributed by atoms with E-state index in [9.17, 15) is 9.59 Å². The Morgan fingerprint density at radius 3 is 2.15 bits per heavy atom. The van der Waals surface area contributed by atoms with E-state index in [1.165, 1.54) is 0 Å². The third-order valence-electron chi connectivity index (χ3n) is 3.55. The second kappa shape index (κ2) is 9.78. The highest BCUT2D eigenvalue weighted by Crippen LogP contribution is 2.34. The minimum atomic E-state index is -0.600. The summed E-state index contributed by atoms with van der Waals surface area (Å²) in [6.07, 6.45) is 4.40. The van der Waals surface area contributed by atoms with Crippen LogP contribution in [0, 0.1) is 11.3 Å². The summed E-state index contributed by atoms with van der Waals surface area (Å²) >= 11 is 0. The van der Waals surface area contributed by atoms with Crippen LogP contribution in [0.2, 0.25) is 0 Å². The van der Waals surface area contributed by atoms with Crippen molar-refractivity contribution in [1.82, 2.24) is 0 Å². The van der Waals surface area contributed by atoms with Gasteiger partial charge < -0.3 is 9.47 Å². The van der Waals surface area contributed by atoms with Crippen LogP contribution in [0.3, 0.4) is 0 Å². The van der Waals surface area contributed by atoms with Crippen LogP contribution < -0.4 is 0 Å². The van der Waals surface area contributed by atoms with E-state index in [0.717, 1.165) is 25.7 Å². The molecule has 0 aliphatic heterocycles. The minimum absolute atomic E-state index is 0.202. The first-order valence-corrected chi connectivity index (χ1v) is 7.75. The summed E-state index contributed by atoms with van der Waals surface area (Å²) in [5.74, 6) is -0.725. The summed E-state index contributed by atoms with van der Waals surface area (Å²) < 4.78 is 10.2. The van der Waals surface area contributed by atoms with E-state index >= 15 is 0 Å². The van der Waals surface area contributed by atoms with Crippen LogP contribution in [0.25, 0.3) is 0 Å². The first-order chi connectivity index (χ1) is 9.41. The second-order valence-corrected chi connectivity index (χ2v) is 5.60. The molecular weight excluding hydrogens is 256 g/mol. The summed E-state index contributed by atoms with van der Waals surface area (Å²) in [6.45, 7) is 10.2. The van der Waals surface area contributed by atoms with E-state index in [2.05, 4.69) is 6.92 Å². The number of hydrogen-bond acceptors (Lipinski definition) is 4. The van der Waals surface area contributed by atoms with Crippen molar-refractivity contribution < 1.29 is 19.1 Å². The lowest BCUT2D eigenvalue weighted by Crippen LogP contribution is -2.34. The Labute approximate surface area is 123 Å². The van der Waals surface area contributed by atoms with E-state index < -0.39 is 5.41 Å². The summed E-state index contributed by atoms with van der Waals surface area (Å²) in [5.41, 5.74) is -0.600. The van der Waals surface area contributed by atoms with Gasteiger partial charge in [-0.2, -0.15) is 0 Å². The van der Waals surface area contributed by atoms with Gasteiger partial charge in [-0.1, -0.05) is 33.1 Å². The van der Waals surface area contributed by atoms with Gasteiger partial charge in [-0.3, -0.25) is 9.59 Å². The largest absolute Gasteiger partial charge is 0.466 e. The Kier molecular flexibility index (Phi) is 9.26. The SMILES string of the molecule is CCCCCC(C)(CC(C)C(=O)OCC)C(=O)OCC. The Morgan fingerprint density at radius 1 is 1.05 bits per heavy atom.